The molecule has 3 rings (SSSR count). The summed E-state index contributed by atoms with van der Waals surface area (Å²) in [7, 11) is 0. The number of anilines is 1. The van der Waals surface area contributed by atoms with Gasteiger partial charge in [-0.2, -0.15) is 4.98 Å². The van der Waals surface area contributed by atoms with Gasteiger partial charge in [0, 0.05) is 23.5 Å². The molecule has 0 saturated carbocycles. The van der Waals surface area contributed by atoms with E-state index >= 15 is 0 Å². The maximum absolute atomic E-state index is 12.5. The molecule has 0 aliphatic rings. The van der Waals surface area contributed by atoms with Gasteiger partial charge in [-0.1, -0.05) is 39.3 Å². The number of hydrogen-bond donors (Lipinski definition) is 2. The first-order valence-corrected chi connectivity index (χ1v) is 10.8. The number of halogens is 3. The number of benzene rings is 1. The number of nitrogens with one attached hydrogen (secondary N) is 1. The molecule has 182 valence electrons. The molecular weight excluding hydrogens is 451 g/mol. The van der Waals surface area contributed by atoms with E-state index in [0.29, 0.717) is 29.9 Å². The minimum Gasteiger partial charge on any atom is -0.480 e. The summed E-state index contributed by atoms with van der Waals surface area (Å²) in [4.78, 5) is 24.9. The maximum atomic E-state index is 12.5. The van der Waals surface area contributed by atoms with Crippen molar-refractivity contribution in [3.8, 4) is 23.0 Å². The molecule has 0 saturated heterocycles. The molecule has 2 heterocycles. The van der Waals surface area contributed by atoms with E-state index in [1.165, 1.54) is 29.1 Å². The minimum atomic E-state index is -4.79. The molecule has 3 aromatic rings. The molecule has 0 amide bonds. The Kier molecular flexibility index (Phi) is 7.75. The molecule has 1 atom stereocenters. The number of aromatic nitrogens is 4. The van der Waals surface area contributed by atoms with Crippen LogP contribution in [-0.2, 0) is 11.2 Å². The number of hydrogen-bond acceptors (Lipinski definition) is 6. The van der Waals surface area contributed by atoms with Crippen molar-refractivity contribution < 1.29 is 27.8 Å². The highest BCUT2D eigenvalue weighted by atomic mass is 19.4. The first kappa shape index (κ1) is 25.0. The average molecular weight is 477 g/mol. The van der Waals surface area contributed by atoms with E-state index in [2.05, 4.69) is 25.0 Å². The molecule has 34 heavy (non-hydrogen) atoms. The number of ether oxygens (including phenoxy) is 1. The van der Waals surface area contributed by atoms with Crippen molar-refractivity contribution in [1.82, 2.24) is 19.5 Å². The molecule has 0 aliphatic carbocycles. The number of nitrogens with zero attached hydrogens (tertiary/aromatic N) is 4. The lowest BCUT2D eigenvalue weighted by Gasteiger charge is -2.18. The Morgan fingerprint density at radius 1 is 1.24 bits per heavy atom. The number of carboxylic acid groups (broad SMARTS) is 1. The van der Waals surface area contributed by atoms with Crippen molar-refractivity contribution in [2.45, 2.75) is 52.4 Å². The first-order valence-electron chi connectivity index (χ1n) is 10.8. The van der Waals surface area contributed by atoms with Crippen LogP contribution >= 0.6 is 0 Å². The monoisotopic (exact) mass is 477 g/mol. The van der Waals surface area contributed by atoms with Gasteiger partial charge in [0.15, 0.2) is 0 Å². The summed E-state index contributed by atoms with van der Waals surface area (Å²) in [6, 6.07) is 6.41. The van der Waals surface area contributed by atoms with Crippen LogP contribution in [0.1, 0.15) is 39.3 Å². The Morgan fingerprint density at radius 2 is 2.00 bits per heavy atom. The predicted octanol–water partition coefficient (Wildman–Crippen LogP) is 5.09. The van der Waals surface area contributed by atoms with Gasteiger partial charge in [0.25, 0.3) is 0 Å². The lowest BCUT2D eigenvalue weighted by molar-refractivity contribution is -0.274. The normalized spacial score (nSPS) is 12.6. The third-order valence-electron chi connectivity index (χ3n) is 4.78. The fourth-order valence-electron chi connectivity index (χ4n) is 3.36. The van der Waals surface area contributed by atoms with Crippen LogP contribution in [0.25, 0.3) is 17.2 Å². The summed E-state index contributed by atoms with van der Waals surface area (Å²) >= 11 is 0. The minimum absolute atomic E-state index is 0.165. The van der Waals surface area contributed by atoms with Gasteiger partial charge in [-0.3, -0.25) is 4.57 Å². The van der Waals surface area contributed by atoms with Crippen molar-refractivity contribution in [2.75, 3.05) is 5.32 Å². The van der Waals surface area contributed by atoms with Crippen molar-refractivity contribution >= 4 is 11.8 Å². The zero-order valence-corrected chi connectivity index (χ0v) is 19.0. The highest BCUT2D eigenvalue weighted by Crippen LogP contribution is 2.27. The summed E-state index contributed by atoms with van der Waals surface area (Å²) in [5, 5.41) is 12.5. The van der Waals surface area contributed by atoms with E-state index in [9.17, 15) is 23.1 Å². The van der Waals surface area contributed by atoms with E-state index in [1.54, 1.807) is 18.3 Å². The molecule has 0 aliphatic heterocycles. The Balaban J connectivity index is 1.91. The van der Waals surface area contributed by atoms with Crippen LogP contribution in [0.3, 0.4) is 0 Å². The van der Waals surface area contributed by atoms with Gasteiger partial charge in [-0.25, -0.2) is 14.8 Å². The smallest absolute Gasteiger partial charge is 0.480 e. The van der Waals surface area contributed by atoms with Crippen molar-refractivity contribution in [1.29, 1.82) is 0 Å². The van der Waals surface area contributed by atoms with Crippen molar-refractivity contribution in [2.24, 2.45) is 5.92 Å². The molecule has 11 heteroatoms. The largest absolute Gasteiger partial charge is 0.573 e. The Morgan fingerprint density at radius 3 is 2.65 bits per heavy atom. The Labute approximate surface area is 194 Å². The summed E-state index contributed by atoms with van der Waals surface area (Å²) in [5.41, 5.74) is 1.54. The zero-order valence-electron chi connectivity index (χ0n) is 19.0. The Hall–Kier alpha value is -3.63. The molecule has 0 bridgehead atoms. The average Bonchev–Trinajstić information content (AvgIpc) is 3.22. The van der Waals surface area contributed by atoms with Crippen LogP contribution in [0.15, 0.2) is 42.9 Å². The molecule has 0 spiro atoms. The predicted molar refractivity (Wildman–Crippen MR) is 120 cm³/mol. The lowest BCUT2D eigenvalue weighted by Crippen LogP contribution is -2.31. The SMILES string of the molecule is CCCc1cc(NC(CC(C)C)C(=O)O)nc(-n2cnc(-c3cccc(OC(F)(F)F)c3)c2)n1. The number of rotatable bonds is 10. The van der Waals surface area contributed by atoms with Crippen LogP contribution < -0.4 is 10.1 Å². The fourth-order valence-corrected chi connectivity index (χ4v) is 3.36. The molecule has 0 fully saturated rings. The maximum Gasteiger partial charge on any atom is 0.573 e. The molecular formula is C23H26F3N5O3. The number of imidazole rings is 1. The van der Waals surface area contributed by atoms with Gasteiger partial charge in [0.1, 0.15) is 23.9 Å². The highest BCUT2D eigenvalue weighted by molar-refractivity contribution is 5.76. The topological polar surface area (TPSA) is 102 Å². The second-order valence-corrected chi connectivity index (χ2v) is 8.20. The molecule has 8 nitrogen and oxygen atoms in total. The van der Waals surface area contributed by atoms with E-state index in [1.807, 2.05) is 20.8 Å². The number of aliphatic carboxylic acids is 1. The second-order valence-electron chi connectivity index (χ2n) is 8.20. The number of aryl methyl sites for hydroxylation is 1. The Bertz CT molecular complexity index is 1130. The summed E-state index contributed by atoms with van der Waals surface area (Å²) < 4.78 is 43.2. The van der Waals surface area contributed by atoms with Gasteiger partial charge in [0.2, 0.25) is 5.95 Å². The van der Waals surface area contributed by atoms with Crippen LogP contribution in [0, 0.1) is 5.92 Å². The highest BCUT2D eigenvalue weighted by Gasteiger charge is 2.31. The molecule has 2 aromatic heterocycles. The van der Waals surface area contributed by atoms with Crippen LogP contribution in [0.5, 0.6) is 5.75 Å². The van der Waals surface area contributed by atoms with E-state index < -0.39 is 18.4 Å². The summed E-state index contributed by atoms with van der Waals surface area (Å²) in [6.07, 6.45) is 0.145. The van der Waals surface area contributed by atoms with Crippen molar-refractivity contribution in [3.63, 3.8) is 0 Å². The third-order valence-corrected chi connectivity index (χ3v) is 4.78. The summed E-state index contributed by atoms with van der Waals surface area (Å²) in [6.45, 7) is 5.87. The van der Waals surface area contributed by atoms with Crippen LogP contribution in [-0.4, -0.2) is 43.0 Å². The van der Waals surface area contributed by atoms with Gasteiger partial charge in [0.05, 0.1) is 5.69 Å². The fraction of sp³-hybridized carbons (Fsp3) is 0.391. The van der Waals surface area contributed by atoms with Gasteiger partial charge in [-0.05, 0) is 30.9 Å². The van der Waals surface area contributed by atoms with Gasteiger partial charge < -0.3 is 15.2 Å². The van der Waals surface area contributed by atoms with E-state index in [-0.39, 0.29) is 17.6 Å². The molecule has 1 aromatic carbocycles. The number of alkyl halides is 3. The van der Waals surface area contributed by atoms with Gasteiger partial charge >= 0.3 is 12.3 Å². The standard InChI is InChI=1S/C23H26F3N5O3/c1-4-6-16-11-20(29-18(21(32)33)9-14(2)3)30-22(28-16)31-12-19(27-13-31)15-7-5-8-17(10-15)34-23(24,25)26/h5,7-8,10-14,18H,4,6,9H2,1-3H3,(H,32,33)(H,28,29,30). The molecule has 2 N–H and O–H groups in total. The van der Waals surface area contributed by atoms with Crippen LogP contribution in [0.2, 0.25) is 0 Å². The van der Waals surface area contributed by atoms with E-state index in [4.69, 9.17) is 0 Å². The third kappa shape index (κ3) is 6.93. The van der Waals surface area contributed by atoms with Crippen molar-refractivity contribution in [3.05, 3.63) is 48.5 Å². The zero-order chi connectivity index (χ0) is 24.9. The molecule has 1 unspecified atom stereocenters. The number of carboxylic acids is 1. The number of carbonyl (C=O) groups is 1. The summed E-state index contributed by atoms with van der Waals surface area (Å²) in [5.74, 6) is -0.520. The quantitative estimate of drug-likeness (QED) is 0.419. The van der Waals surface area contributed by atoms with E-state index in [0.717, 1.165) is 12.1 Å². The molecule has 0 radical (unpaired) electrons. The first-order chi connectivity index (χ1) is 16.0. The van der Waals surface area contributed by atoms with Gasteiger partial charge in [-0.15, -0.1) is 13.2 Å². The second kappa shape index (κ2) is 10.5. The lowest BCUT2D eigenvalue weighted by atomic mass is 10.0. The van der Waals surface area contributed by atoms with Crippen LogP contribution in [0.4, 0.5) is 19.0 Å².